The van der Waals surface area contributed by atoms with Crippen LogP contribution >= 0.6 is 22.9 Å². The zero-order chi connectivity index (χ0) is 21.1. The van der Waals surface area contributed by atoms with Crippen molar-refractivity contribution in [1.82, 2.24) is 9.88 Å². The van der Waals surface area contributed by atoms with E-state index in [4.69, 9.17) is 11.6 Å². The molecule has 30 heavy (non-hydrogen) atoms. The first kappa shape index (κ1) is 21.2. The number of nitrogens with one attached hydrogen (secondary N) is 1. The first-order valence-electron chi connectivity index (χ1n) is 9.62. The molecule has 0 spiro atoms. The van der Waals surface area contributed by atoms with Crippen molar-refractivity contribution < 1.29 is 12.8 Å². The molecule has 0 amide bonds. The molecule has 0 unspecified atom stereocenters. The van der Waals surface area contributed by atoms with Gasteiger partial charge in [-0.2, -0.15) is 0 Å². The van der Waals surface area contributed by atoms with Gasteiger partial charge in [-0.05, 0) is 43.6 Å². The van der Waals surface area contributed by atoms with Gasteiger partial charge < -0.3 is 10.2 Å². The normalized spacial score (nSPS) is 15.9. The van der Waals surface area contributed by atoms with E-state index < -0.39 is 20.5 Å². The van der Waals surface area contributed by atoms with Gasteiger partial charge in [0, 0.05) is 18.1 Å². The summed E-state index contributed by atoms with van der Waals surface area (Å²) in [4.78, 5) is 5.69. The van der Waals surface area contributed by atoms with Crippen LogP contribution in [-0.4, -0.2) is 37.9 Å². The van der Waals surface area contributed by atoms with Gasteiger partial charge in [0.1, 0.15) is 10.7 Å². The van der Waals surface area contributed by atoms with Crippen molar-refractivity contribution in [1.29, 1.82) is 0 Å². The minimum atomic E-state index is -4.05. The lowest BCUT2D eigenvalue weighted by Crippen LogP contribution is -2.29. The van der Waals surface area contributed by atoms with Gasteiger partial charge >= 0.3 is 0 Å². The summed E-state index contributed by atoms with van der Waals surface area (Å²) in [6.07, 6.45) is 3.70. The minimum Gasteiger partial charge on any atom is -0.376 e. The van der Waals surface area contributed by atoms with Crippen molar-refractivity contribution in [3.05, 3.63) is 70.4 Å². The lowest BCUT2D eigenvalue weighted by atomic mass is 10.1. The van der Waals surface area contributed by atoms with E-state index >= 15 is 0 Å². The summed E-state index contributed by atoms with van der Waals surface area (Å²) in [5.41, 5.74) is 1.42. The van der Waals surface area contributed by atoms with Gasteiger partial charge in [-0.3, -0.25) is 0 Å². The zero-order valence-corrected chi connectivity index (χ0v) is 18.5. The molecule has 0 bridgehead atoms. The average molecular weight is 466 g/mol. The highest BCUT2D eigenvalue weighted by molar-refractivity contribution is 7.93. The van der Waals surface area contributed by atoms with Crippen molar-refractivity contribution in [2.24, 2.45) is 0 Å². The Labute approximate surface area is 184 Å². The number of hydrogen-bond donors (Lipinski definition) is 1. The molecule has 2 heterocycles. The fourth-order valence-electron chi connectivity index (χ4n) is 3.61. The highest BCUT2D eigenvalue weighted by atomic mass is 35.5. The van der Waals surface area contributed by atoms with E-state index in [1.807, 2.05) is 30.3 Å². The first-order chi connectivity index (χ1) is 14.4. The molecule has 1 N–H and O–H groups in total. The molecular formula is C21H21ClFN3O2S2. The van der Waals surface area contributed by atoms with Gasteiger partial charge in [0.25, 0.3) is 0 Å². The van der Waals surface area contributed by atoms with Gasteiger partial charge in [-0.15, -0.1) is 11.3 Å². The monoisotopic (exact) mass is 465 g/mol. The van der Waals surface area contributed by atoms with E-state index in [1.54, 1.807) is 0 Å². The Kier molecular flexibility index (Phi) is 6.38. The number of halogens is 2. The Morgan fingerprint density at radius 2 is 1.93 bits per heavy atom. The van der Waals surface area contributed by atoms with Crippen LogP contribution in [0.1, 0.15) is 24.4 Å². The quantitative estimate of drug-likeness (QED) is 0.531. The van der Waals surface area contributed by atoms with Crippen LogP contribution in [0.3, 0.4) is 0 Å². The number of anilines is 1. The van der Waals surface area contributed by atoms with Crippen LogP contribution in [0.4, 0.5) is 10.1 Å². The van der Waals surface area contributed by atoms with E-state index in [0.717, 1.165) is 48.7 Å². The van der Waals surface area contributed by atoms with E-state index in [9.17, 15) is 12.8 Å². The molecule has 1 fully saturated rings. The number of thiazole rings is 1. The number of sulfone groups is 1. The molecule has 0 saturated carbocycles. The Hall–Kier alpha value is -2.00. The molecule has 4 rings (SSSR count). The highest BCUT2D eigenvalue weighted by Gasteiger charge is 2.27. The lowest BCUT2D eigenvalue weighted by molar-refractivity contribution is 0.323. The van der Waals surface area contributed by atoms with Gasteiger partial charge in [0.2, 0.25) is 14.2 Å². The fourth-order valence-corrected chi connectivity index (χ4v) is 6.17. The van der Waals surface area contributed by atoms with Gasteiger partial charge in [0.15, 0.2) is 0 Å². The van der Waals surface area contributed by atoms with Crippen LogP contribution in [0.5, 0.6) is 0 Å². The number of benzene rings is 2. The molecule has 3 aromatic rings. The zero-order valence-electron chi connectivity index (χ0n) is 16.1. The molecule has 9 heteroatoms. The molecule has 1 aliphatic heterocycles. The second-order valence-corrected chi connectivity index (χ2v) is 10.6. The molecule has 1 saturated heterocycles. The number of hydrogen-bond acceptors (Lipinski definition) is 6. The number of rotatable bonds is 7. The second kappa shape index (κ2) is 9.01. The standard InChI is InChI=1S/C21H21ClFN3O2S2/c22-16-12-20(30(27,28)21-24-8-11-29-21)17(23)13-18(16)25-19(14-26-9-4-5-10-26)15-6-2-1-3-7-15/h1-3,6-8,11-13,19,25H,4-5,9-10,14H2/t19-/m1/s1. The Morgan fingerprint density at radius 1 is 1.20 bits per heavy atom. The van der Waals surface area contributed by atoms with Crippen LogP contribution < -0.4 is 5.32 Å². The summed E-state index contributed by atoms with van der Waals surface area (Å²) in [5.74, 6) is -0.856. The third-order valence-corrected chi connectivity index (χ3v) is 8.40. The second-order valence-electron chi connectivity index (χ2n) is 7.18. The van der Waals surface area contributed by atoms with Crippen molar-refractivity contribution in [2.75, 3.05) is 25.0 Å². The molecular weight excluding hydrogens is 445 g/mol. The molecule has 5 nitrogen and oxygen atoms in total. The van der Waals surface area contributed by atoms with Crippen molar-refractivity contribution in [3.8, 4) is 0 Å². The highest BCUT2D eigenvalue weighted by Crippen LogP contribution is 2.34. The maximum Gasteiger partial charge on any atom is 0.236 e. The molecule has 1 atom stereocenters. The van der Waals surface area contributed by atoms with Gasteiger partial charge in [0.05, 0.1) is 16.8 Å². The van der Waals surface area contributed by atoms with Gasteiger partial charge in [-0.1, -0.05) is 41.9 Å². The summed E-state index contributed by atoms with van der Waals surface area (Å²) in [6.45, 7) is 2.80. The largest absolute Gasteiger partial charge is 0.376 e. The van der Waals surface area contributed by atoms with E-state index in [2.05, 4.69) is 15.2 Å². The van der Waals surface area contributed by atoms with Crippen LogP contribution in [0.15, 0.2) is 63.3 Å². The van der Waals surface area contributed by atoms with E-state index in [1.165, 1.54) is 24.4 Å². The summed E-state index contributed by atoms with van der Waals surface area (Å²) >= 11 is 7.33. The lowest BCUT2D eigenvalue weighted by Gasteiger charge is -2.26. The Bertz CT molecular complexity index is 1100. The van der Waals surface area contributed by atoms with Crippen LogP contribution in [0.2, 0.25) is 5.02 Å². The van der Waals surface area contributed by atoms with Crippen LogP contribution in [0.25, 0.3) is 0 Å². The fraction of sp³-hybridized carbons (Fsp3) is 0.286. The van der Waals surface area contributed by atoms with Crippen molar-refractivity contribution >= 4 is 38.5 Å². The Morgan fingerprint density at radius 3 is 2.60 bits per heavy atom. The van der Waals surface area contributed by atoms with Crippen LogP contribution in [-0.2, 0) is 9.84 Å². The van der Waals surface area contributed by atoms with Crippen LogP contribution in [0, 0.1) is 5.82 Å². The SMILES string of the molecule is O=S(=O)(c1nccs1)c1cc(Cl)c(N[C@H](CN2CCCC2)c2ccccc2)cc1F. The third kappa shape index (κ3) is 4.51. The topological polar surface area (TPSA) is 62.3 Å². The molecule has 158 valence electrons. The number of nitrogens with zero attached hydrogens (tertiary/aromatic N) is 2. The van der Waals surface area contributed by atoms with Crippen molar-refractivity contribution in [2.45, 2.75) is 28.1 Å². The molecule has 1 aromatic heterocycles. The third-order valence-electron chi connectivity index (χ3n) is 5.12. The van der Waals surface area contributed by atoms with Gasteiger partial charge in [-0.25, -0.2) is 17.8 Å². The molecule has 1 aliphatic rings. The summed E-state index contributed by atoms with van der Waals surface area (Å²) in [6, 6.07) is 12.1. The Balaban J connectivity index is 1.64. The predicted octanol–water partition coefficient (Wildman–Crippen LogP) is 5.02. The smallest absolute Gasteiger partial charge is 0.236 e. The minimum absolute atomic E-state index is 0.109. The van der Waals surface area contributed by atoms with Crippen molar-refractivity contribution in [3.63, 3.8) is 0 Å². The maximum absolute atomic E-state index is 14.9. The number of likely N-dealkylation sites (tertiary alicyclic amines) is 1. The summed E-state index contributed by atoms with van der Waals surface area (Å²) in [7, 11) is -4.05. The molecule has 0 radical (unpaired) electrons. The van der Waals surface area contributed by atoms with E-state index in [0.29, 0.717) is 5.69 Å². The van der Waals surface area contributed by atoms with E-state index in [-0.39, 0.29) is 15.4 Å². The molecule has 2 aromatic carbocycles. The average Bonchev–Trinajstić information content (AvgIpc) is 3.45. The predicted molar refractivity (Wildman–Crippen MR) is 117 cm³/mol. The summed E-state index contributed by atoms with van der Waals surface area (Å²) in [5, 5.41) is 5.00. The summed E-state index contributed by atoms with van der Waals surface area (Å²) < 4.78 is 40.1. The number of aromatic nitrogens is 1. The first-order valence-corrected chi connectivity index (χ1v) is 12.4. The maximum atomic E-state index is 14.9. The molecule has 0 aliphatic carbocycles.